The van der Waals surface area contributed by atoms with Crippen molar-refractivity contribution in [2.24, 2.45) is 0 Å². The number of benzene rings is 1. The summed E-state index contributed by atoms with van der Waals surface area (Å²) in [6.07, 6.45) is 6.28. The number of nitrogens with zero attached hydrogens (tertiary/aromatic N) is 4. The van der Waals surface area contributed by atoms with Crippen molar-refractivity contribution in [3.63, 3.8) is 0 Å². The van der Waals surface area contributed by atoms with Gasteiger partial charge in [-0.05, 0) is 42.9 Å². The topological polar surface area (TPSA) is 81.6 Å². The second-order valence-electron chi connectivity index (χ2n) is 10.1. The van der Waals surface area contributed by atoms with E-state index in [1.54, 1.807) is 6.07 Å². The average molecular weight is 502 g/mol. The molecule has 0 radical (unpaired) electrons. The van der Waals surface area contributed by atoms with Crippen LogP contribution < -0.4 is 10.2 Å². The number of carbonyl (C=O) groups excluding carboxylic acids is 1. The Morgan fingerprint density at radius 1 is 1.23 bits per heavy atom. The third-order valence-electron chi connectivity index (χ3n) is 7.78. The first-order chi connectivity index (χ1) is 16.9. The molecule has 1 saturated heterocycles. The van der Waals surface area contributed by atoms with Crippen LogP contribution in [0.5, 0.6) is 0 Å². The van der Waals surface area contributed by atoms with E-state index in [4.69, 9.17) is 11.6 Å². The fourth-order valence-electron chi connectivity index (χ4n) is 5.80. The first-order valence-electron chi connectivity index (χ1n) is 12.7. The van der Waals surface area contributed by atoms with Crippen molar-refractivity contribution in [2.45, 2.75) is 63.0 Å². The zero-order chi connectivity index (χ0) is 24.5. The summed E-state index contributed by atoms with van der Waals surface area (Å²) in [4.78, 5) is 26.6. The molecule has 1 aromatic heterocycles. The van der Waals surface area contributed by atoms with Gasteiger partial charge < -0.3 is 20.2 Å². The van der Waals surface area contributed by atoms with Crippen LogP contribution in [0.15, 0.2) is 24.5 Å². The molecule has 1 unspecified atom stereocenters. The highest BCUT2D eigenvalue weighted by molar-refractivity contribution is 6.30. The highest BCUT2D eigenvalue weighted by atomic mass is 35.5. The van der Waals surface area contributed by atoms with E-state index >= 15 is 0 Å². The van der Waals surface area contributed by atoms with Crippen LogP contribution in [0.3, 0.4) is 0 Å². The minimum Gasteiger partial charge on any atom is -0.387 e. The van der Waals surface area contributed by atoms with Gasteiger partial charge in [-0.3, -0.25) is 4.79 Å². The zero-order valence-corrected chi connectivity index (χ0v) is 20.8. The quantitative estimate of drug-likeness (QED) is 0.627. The van der Waals surface area contributed by atoms with Gasteiger partial charge in [-0.1, -0.05) is 37.4 Å². The largest absolute Gasteiger partial charge is 0.387 e. The summed E-state index contributed by atoms with van der Waals surface area (Å²) in [6.45, 7) is 5.00. The fourth-order valence-corrected chi connectivity index (χ4v) is 5.92. The van der Waals surface area contributed by atoms with Crippen molar-refractivity contribution in [3.8, 4) is 0 Å². The van der Waals surface area contributed by atoms with Crippen LogP contribution in [0.1, 0.15) is 73.8 Å². The number of nitrogens with one attached hydrogen (secondary N) is 1. The number of fused-ring (bicyclic) bond motifs is 1. The average Bonchev–Trinajstić information content (AvgIpc) is 3.49. The van der Waals surface area contributed by atoms with Crippen molar-refractivity contribution in [1.82, 2.24) is 20.2 Å². The van der Waals surface area contributed by atoms with Crippen LogP contribution in [-0.2, 0) is 4.79 Å². The maximum absolute atomic E-state index is 14.3. The van der Waals surface area contributed by atoms with Gasteiger partial charge in [0.05, 0.1) is 22.7 Å². The van der Waals surface area contributed by atoms with Crippen molar-refractivity contribution < 1.29 is 14.3 Å². The highest BCUT2D eigenvalue weighted by Gasteiger charge is 2.35. The van der Waals surface area contributed by atoms with Crippen LogP contribution in [0.25, 0.3) is 0 Å². The molecule has 3 atom stereocenters. The van der Waals surface area contributed by atoms with Gasteiger partial charge in [0.2, 0.25) is 5.91 Å². The molecule has 35 heavy (non-hydrogen) atoms. The molecule has 0 spiro atoms. The normalized spacial score (nSPS) is 23.5. The Labute approximate surface area is 210 Å². The summed E-state index contributed by atoms with van der Waals surface area (Å²) in [5.74, 6) is 0.106. The molecule has 9 heteroatoms. The van der Waals surface area contributed by atoms with E-state index in [0.29, 0.717) is 50.7 Å². The molecule has 5 rings (SSSR count). The Kier molecular flexibility index (Phi) is 7.23. The Morgan fingerprint density at radius 2 is 1.97 bits per heavy atom. The van der Waals surface area contributed by atoms with E-state index in [0.717, 1.165) is 29.9 Å². The van der Waals surface area contributed by atoms with E-state index in [1.807, 2.05) is 4.90 Å². The molecule has 2 fully saturated rings. The minimum atomic E-state index is -0.544. The number of rotatable bonds is 6. The molecule has 2 heterocycles. The second kappa shape index (κ2) is 10.4. The van der Waals surface area contributed by atoms with Crippen LogP contribution in [0, 0.1) is 5.82 Å². The first-order valence-corrected chi connectivity index (χ1v) is 13.0. The number of aliphatic hydroxyl groups excluding tert-OH is 1. The molecule has 2 aromatic rings. The van der Waals surface area contributed by atoms with Gasteiger partial charge in [-0.25, -0.2) is 14.4 Å². The summed E-state index contributed by atoms with van der Waals surface area (Å²) >= 11 is 5.91. The molecule has 1 amide bonds. The fraction of sp³-hybridized carbons (Fsp3) is 0.577. The van der Waals surface area contributed by atoms with Crippen molar-refractivity contribution >= 4 is 23.3 Å². The van der Waals surface area contributed by atoms with Crippen molar-refractivity contribution in [2.75, 3.05) is 37.6 Å². The van der Waals surface area contributed by atoms with Crippen LogP contribution in [0.2, 0.25) is 5.02 Å². The molecule has 188 valence electrons. The number of carbonyl (C=O) groups is 1. The predicted molar refractivity (Wildman–Crippen MR) is 133 cm³/mol. The predicted octanol–water partition coefficient (Wildman–Crippen LogP) is 3.77. The summed E-state index contributed by atoms with van der Waals surface area (Å²) in [7, 11) is 0. The molecule has 3 aliphatic rings. The monoisotopic (exact) mass is 501 g/mol. The molecule has 0 bridgehead atoms. The van der Waals surface area contributed by atoms with Gasteiger partial charge in [0.15, 0.2) is 0 Å². The van der Waals surface area contributed by atoms with Gasteiger partial charge >= 0.3 is 0 Å². The number of aliphatic hydroxyl groups is 1. The third kappa shape index (κ3) is 5.01. The number of hydrogen-bond acceptors (Lipinski definition) is 6. The van der Waals surface area contributed by atoms with Gasteiger partial charge in [-0.2, -0.15) is 0 Å². The molecular weight excluding hydrogens is 469 g/mol. The Balaban J connectivity index is 1.30. The number of amides is 1. The van der Waals surface area contributed by atoms with Crippen molar-refractivity contribution in [3.05, 3.63) is 52.2 Å². The van der Waals surface area contributed by atoms with E-state index in [-0.39, 0.29) is 16.8 Å². The van der Waals surface area contributed by atoms with E-state index < -0.39 is 17.8 Å². The second-order valence-corrected chi connectivity index (χ2v) is 10.5. The molecule has 1 saturated carbocycles. The van der Waals surface area contributed by atoms with E-state index in [1.165, 1.54) is 31.3 Å². The number of hydrogen-bond donors (Lipinski definition) is 2. The first kappa shape index (κ1) is 24.4. The summed E-state index contributed by atoms with van der Waals surface area (Å²) in [6, 6.07) is 5.10. The Morgan fingerprint density at radius 3 is 2.69 bits per heavy atom. The highest BCUT2D eigenvalue weighted by Crippen LogP contribution is 2.42. The van der Waals surface area contributed by atoms with Crippen LogP contribution in [0.4, 0.5) is 10.2 Å². The lowest BCUT2D eigenvalue weighted by Gasteiger charge is -2.38. The standard InChI is InChI=1S/C26H33ClFN5O2/c1-16-12-22(34)24-23(16)25(31-15-30-24)32-8-10-33(11-9-32)26(35)19(14-29-18-4-2-3-5-18)17-6-7-20(27)21(28)13-17/h6-7,13,15-16,18-19,22,29,34H,2-5,8-12,14H2,1H3/t16-,19?,22-/m1/s1. The lowest BCUT2D eigenvalue weighted by atomic mass is 9.96. The number of aromatic nitrogens is 2. The summed E-state index contributed by atoms with van der Waals surface area (Å²) in [5.41, 5.74) is 2.40. The van der Waals surface area contributed by atoms with Gasteiger partial charge in [0, 0.05) is 44.3 Å². The zero-order valence-electron chi connectivity index (χ0n) is 20.1. The van der Waals surface area contributed by atoms with Crippen LogP contribution in [-0.4, -0.2) is 64.6 Å². The maximum Gasteiger partial charge on any atom is 0.231 e. The Bertz CT molecular complexity index is 1070. The SMILES string of the molecule is C[C@@H]1C[C@@H](O)c2ncnc(N3CCN(C(=O)C(CNC4CCCC4)c4ccc(Cl)c(F)c4)CC3)c21. The number of halogens is 2. The summed E-state index contributed by atoms with van der Waals surface area (Å²) < 4.78 is 14.3. The number of piperazine rings is 1. The molecule has 1 aromatic carbocycles. The molecular formula is C26H33ClFN5O2. The molecule has 1 aliphatic heterocycles. The molecule has 7 nitrogen and oxygen atoms in total. The van der Waals surface area contributed by atoms with Gasteiger partial charge in [-0.15, -0.1) is 0 Å². The smallest absolute Gasteiger partial charge is 0.231 e. The number of anilines is 1. The molecule has 2 aliphatic carbocycles. The van der Waals surface area contributed by atoms with Crippen LogP contribution >= 0.6 is 11.6 Å². The minimum absolute atomic E-state index is 0.00794. The van der Waals surface area contributed by atoms with Crippen molar-refractivity contribution in [1.29, 1.82) is 0 Å². The maximum atomic E-state index is 14.3. The summed E-state index contributed by atoms with van der Waals surface area (Å²) in [5, 5.41) is 13.9. The lowest BCUT2D eigenvalue weighted by Crippen LogP contribution is -2.51. The Hall–Kier alpha value is -2.29. The molecule has 2 N–H and O–H groups in total. The van der Waals surface area contributed by atoms with E-state index in [9.17, 15) is 14.3 Å². The third-order valence-corrected chi connectivity index (χ3v) is 8.09. The van der Waals surface area contributed by atoms with Gasteiger partial charge in [0.25, 0.3) is 0 Å². The van der Waals surface area contributed by atoms with Gasteiger partial charge in [0.1, 0.15) is 18.0 Å². The van der Waals surface area contributed by atoms with E-state index in [2.05, 4.69) is 27.1 Å². The lowest BCUT2D eigenvalue weighted by molar-refractivity contribution is -0.133.